The third-order valence-electron chi connectivity index (χ3n) is 1.48. The Hall–Kier alpha value is -1.32. The zero-order chi connectivity index (χ0) is 9.68. The van der Waals surface area contributed by atoms with Gasteiger partial charge in [0.2, 0.25) is 18.1 Å². The van der Waals surface area contributed by atoms with E-state index in [2.05, 4.69) is 4.98 Å². The van der Waals surface area contributed by atoms with Crippen LogP contribution < -0.4 is 9.47 Å². The van der Waals surface area contributed by atoms with E-state index in [1.165, 1.54) is 7.11 Å². The third-order valence-corrected chi connectivity index (χ3v) is 1.48. The number of hydrogen-bond donors (Lipinski definition) is 0. The minimum atomic E-state index is -1.31. The number of rotatable bonds is 4. The van der Waals surface area contributed by atoms with E-state index >= 15 is 0 Å². The summed E-state index contributed by atoms with van der Waals surface area (Å²) in [4.78, 5) is 3.89. The predicted octanol–water partition coefficient (Wildman–Crippen LogP) is 2.17. The molecule has 0 N–H and O–H groups in total. The molecule has 0 amide bonds. The quantitative estimate of drug-likeness (QED) is 0.720. The van der Waals surface area contributed by atoms with Crippen LogP contribution in [0.15, 0.2) is 18.2 Å². The average molecular weight is 185 g/mol. The van der Waals surface area contributed by atoms with Gasteiger partial charge in [0.25, 0.3) is 0 Å². The molecule has 1 heterocycles. The summed E-state index contributed by atoms with van der Waals surface area (Å²) in [6.07, 6.45) is -1.00. The summed E-state index contributed by atoms with van der Waals surface area (Å²) in [5, 5.41) is 0. The molecule has 13 heavy (non-hydrogen) atoms. The van der Waals surface area contributed by atoms with E-state index in [0.717, 1.165) is 0 Å². The van der Waals surface area contributed by atoms with Crippen LogP contribution in [0.25, 0.3) is 0 Å². The first-order chi connectivity index (χ1) is 6.26. The van der Waals surface area contributed by atoms with Crippen molar-refractivity contribution in [1.82, 2.24) is 4.98 Å². The maximum absolute atomic E-state index is 12.8. The minimum absolute atomic E-state index is 0.244. The molecule has 1 rings (SSSR count). The van der Waals surface area contributed by atoms with E-state index in [1.54, 1.807) is 25.1 Å². The Kier molecular flexibility index (Phi) is 3.49. The van der Waals surface area contributed by atoms with Crippen LogP contribution in [-0.4, -0.2) is 18.5 Å². The summed E-state index contributed by atoms with van der Waals surface area (Å²) < 4.78 is 22.5. The number of alkyl halides is 1. The second-order valence-electron chi connectivity index (χ2n) is 2.45. The summed E-state index contributed by atoms with van der Waals surface area (Å²) in [6, 6.07) is 4.96. The summed E-state index contributed by atoms with van der Waals surface area (Å²) in [7, 11) is 1.50. The molecule has 0 aromatic carbocycles. The molecule has 1 aromatic heterocycles. The molecule has 0 aliphatic rings. The number of nitrogens with zero attached hydrogens (tertiary/aromatic N) is 1. The Labute approximate surface area is 76.5 Å². The fraction of sp³-hybridized carbons (Fsp3) is 0.444. The van der Waals surface area contributed by atoms with Crippen molar-refractivity contribution in [2.24, 2.45) is 0 Å². The summed E-state index contributed by atoms with van der Waals surface area (Å²) >= 11 is 0. The molecule has 1 unspecified atom stereocenters. The molecule has 0 aliphatic heterocycles. The lowest BCUT2D eigenvalue weighted by Gasteiger charge is -2.08. The van der Waals surface area contributed by atoms with Gasteiger partial charge in [0.1, 0.15) is 0 Å². The van der Waals surface area contributed by atoms with Crippen molar-refractivity contribution in [3.05, 3.63) is 18.2 Å². The molecule has 0 spiro atoms. The lowest BCUT2D eigenvalue weighted by Crippen LogP contribution is -2.09. The van der Waals surface area contributed by atoms with Gasteiger partial charge in [0.15, 0.2) is 0 Å². The zero-order valence-electron chi connectivity index (χ0n) is 7.66. The molecule has 72 valence electrons. The molecule has 0 aliphatic carbocycles. The Morgan fingerprint density at radius 1 is 1.46 bits per heavy atom. The van der Waals surface area contributed by atoms with Crippen molar-refractivity contribution in [2.75, 3.05) is 7.11 Å². The number of aromatic nitrogens is 1. The van der Waals surface area contributed by atoms with Gasteiger partial charge in [-0.05, 0) is 0 Å². The van der Waals surface area contributed by atoms with Crippen LogP contribution in [-0.2, 0) is 0 Å². The highest BCUT2D eigenvalue weighted by molar-refractivity contribution is 5.19. The van der Waals surface area contributed by atoms with Crippen molar-refractivity contribution in [2.45, 2.75) is 19.7 Å². The first-order valence-electron chi connectivity index (χ1n) is 4.08. The van der Waals surface area contributed by atoms with Crippen LogP contribution in [0.4, 0.5) is 4.39 Å². The number of halogens is 1. The summed E-state index contributed by atoms with van der Waals surface area (Å²) in [5.41, 5.74) is 0. The SMILES string of the molecule is CCC(F)Oc1cccc(OC)n1. The second kappa shape index (κ2) is 4.64. The topological polar surface area (TPSA) is 31.4 Å². The first-order valence-corrected chi connectivity index (χ1v) is 4.08. The highest BCUT2D eigenvalue weighted by atomic mass is 19.1. The van der Waals surface area contributed by atoms with E-state index in [0.29, 0.717) is 12.3 Å². The maximum atomic E-state index is 12.8. The third kappa shape index (κ3) is 2.89. The van der Waals surface area contributed by atoms with Gasteiger partial charge in [-0.2, -0.15) is 4.98 Å². The largest absolute Gasteiger partial charge is 0.481 e. The monoisotopic (exact) mass is 185 g/mol. The van der Waals surface area contributed by atoms with Crippen molar-refractivity contribution in [3.63, 3.8) is 0 Å². The Morgan fingerprint density at radius 2 is 2.15 bits per heavy atom. The molecular weight excluding hydrogens is 173 g/mol. The Balaban J connectivity index is 2.66. The molecule has 1 atom stereocenters. The van der Waals surface area contributed by atoms with Gasteiger partial charge < -0.3 is 9.47 Å². The fourth-order valence-corrected chi connectivity index (χ4v) is 0.790. The van der Waals surface area contributed by atoms with E-state index in [-0.39, 0.29) is 5.88 Å². The lowest BCUT2D eigenvalue weighted by molar-refractivity contribution is 0.0590. The molecule has 1 aromatic rings. The average Bonchev–Trinajstić information content (AvgIpc) is 2.18. The predicted molar refractivity (Wildman–Crippen MR) is 46.6 cm³/mol. The highest BCUT2D eigenvalue weighted by Gasteiger charge is 2.05. The van der Waals surface area contributed by atoms with Gasteiger partial charge in [0.05, 0.1) is 7.11 Å². The van der Waals surface area contributed by atoms with Crippen molar-refractivity contribution < 1.29 is 13.9 Å². The van der Waals surface area contributed by atoms with Crippen molar-refractivity contribution in [3.8, 4) is 11.8 Å². The van der Waals surface area contributed by atoms with Crippen LogP contribution in [0.3, 0.4) is 0 Å². The molecule has 0 bridgehead atoms. The van der Waals surface area contributed by atoms with Gasteiger partial charge in [0, 0.05) is 18.6 Å². The van der Waals surface area contributed by atoms with Crippen LogP contribution in [0, 0.1) is 0 Å². The van der Waals surface area contributed by atoms with Gasteiger partial charge in [-0.3, -0.25) is 0 Å². The molecule has 0 saturated heterocycles. The molecule has 0 fully saturated rings. The normalized spacial score (nSPS) is 12.2. The highest BCUT2D eigenvalue weighted by Crippen LogP contribution is 2.15. The maximum Gasteiger partial charge on any atom is 0.240 e. The fourth-order valence-electron chi connectivity index (χ4n) is 0.790. The van der Waals surface area contributed by atoms with Gasteiger partial charge >= 0.3 is 0 Å². The molecule has 3 nitrogen and oxygen atoms in total. The van der Waals surface area contributed by atoms with E-state index in [4.69, 9.17) is 9.47 Å². The summed E-state index contributed by atoms with van der Waals surface area (Å²) in [6.45, 7) is 1.70. The Bertz CT molecular complexity index is 268. The zero-order valence-corrected chi connectivity index (χ0v) is 7.66. The number of methoxy groups -OCH3 is 1. The van der Waals surface area contributed by atoms with E-state index in [9.17, 15) is 4.39 Å². The number of hydrogen-bond acceptors (Lipinski definition) is 3. The standard InChI is InChI=1S/C9H12FNO2/c1-3-7(10)13-9-6-4-5-8(11-9)12-2/h4-7H,3H2,1-2H3. The molecular formula is C9H12FNO2. The Morgan fingerprint density at radius 3 is 2.77 bits per heavy atom. The van der Waals surface area contributed by atoms with Gasteiger partial charge in [-0.15, -0.1) is 0 Å². The first kappa shape index (κ1) is 9.77. The van der Waals surface area contributed by atoms with E-state index in [1.807, 2.05) is 0 Å². The van der Waals surface area contributed by atoms with Gasteiger partial charge in [-0.1, -0.05) is 13.0 Å². The molecule has 0 radical (unpaired) electrons. The van der Waals surface area contributed by atoms with Crippen molar-refractivity contribution >= 4 is 0 Å². The van der Waals surface area contributed by atoms with Crippen LogP contribution in [0.5, 0.6) is 11.8 Å². The van der Waals surface area contributed by atoms with Crippen molar-refractivity contribution in [1.29, 1.82) is 0 Å². The lowest BCUT2D eigenvalue weighted by atomic mass is 10.4. The molecule has 4 heteroatoms. The number of pyridine rings is 1. The number of ether oxygens (including phenoxy) is 2. The van der Waals surface area contributed by atoms with Crippen LogP contribution in [0.1, 0.15) is 13.3 Å². The van der Waals surface area contributed by atoms with Crippen LogP contribution in [0.2, 0.25) is 0 Å². The van der Waals surface area contributed by atoms with Gasteiger partial charge in [-0.25, -0.2) is 4.39 Å². The summed E-state index contributed by atoms with van der Waals surface area (Å²) in [5.74, 6) is 0.662. The second-order valence-corrected chi connectivity index (χ2v) is 2.45. The smallest absolute Gasteiger partial charge is 0.240 e. The molecule has 0 saturated carbocycles. The van der Waals surface area contributed by atoms with E-state index < -0.39 is 6.36 Å². The minimum Gasteiger partial charge on any atom is -0.481 e. The van der Waals surface area contributed by atoms with Crippen LogP contribution >= 0.6 is 0 Å².